The highest BCUT2D eigenvalue weighted by Crippen LogP contribution is 2.36. The third-order valence-corrected chi connectivity index (χ3v) is 5.15. The van der Waals surface area contributed by atoms with Crippen molar-refractivity contribution in [3.8, 4) is 0 Å². The molecule has 2 aromatic rings. The van der Waals surface area contributed by atoms with E-state index in [1.807, 2.05) is 53.4 Å². The second-order valence-electron chi connectivity index (χ2n) is 7.61. The number of carbonyl (C=O) groups excluding carboxylic acids is 1. The van der Waals surface area contributed by atoms with E-state index in [4.69, 9.17) is 19.4 Å². The van der Waals surface area contributed by atoms with Crippen molar-refractivity contribution < 1.29 is 37.3 Å². The van der Waals surface area contributed by atoms with Crippen molar-refractivity contribution in [3.63, 3.8) is 0 Å². The summed E-state index contributed by atoms with van der Waals surface area (Å²) in [6, 6.07) is 15.3. The molecule has 3 heterocycles. The number of amides is 1. The molecular weight excluding hydrogens is 429 g/mol. The number of aliphatic carboxylic acids is 1. The van der Waals surface area contributed by atoms with Crippen LogP contribution in [0.1, 0.15) is 28.9 Å². The number of ether oxygens (including phenoxy) is 2. The number of carbonyl (C=O) groups is 2. The minimum Gasteiger partial charge on any atom is -0.475 e. The maximum absolute atomic E-state index is 12.5. The number of carboxylic acid groups (broad SMARTS) is 1. The summed E-state index contributed by atoms with van der Waals surface area (Å²) in [6.07, 6.45) is -1.42. The van der Waals surface area contributed by atoms with E-state index in [1.165, 1.54) is 0 Å². The fourth-order valence-corrected chi connectivity index (χ4v) is 3.59. The van der Waals surface area contributed by atoms with Crippen LogP contribution >= 0.6 is 0 Å². The molecule has 1 spiro atoms. The van der Waals surface area contributed by atoms with E-state index in [0.717, 1.165) is 24.1 Å². The molecule has 32 heavy (non-hydrogen) atoms. The van der Waals surface area contributed by atoms with Gasteiger partial charge in [-0.15, -0.1) is 0 Å². The summed E-state index contributed by atoms with van der Waals surface area (Å²) in [7, 11) is 0. The van der Waals surface area contributed by atoms with Gasteiger partial charge in [0.2, 0.25) is 0 Å². The van der Waals surface area contributed by atoms with E-state index in [1.54, 1.807) is 6.20 Å². The monoisotopic (exact) mass is 452 g/mol. The molecule has 0 bridgehead atoms. The van der Waals surface area contributed by atoms with E-state index in [0.29, 0.717) is 26.3 Å². The van der Waals surface area contributed by atoms with Gasteiger partial charge in [0.1, 0.15) is 5.60 Å². The standard InChI is InChI=1S/C20H22N2O3.C2HF3O2/c23-19(16-6-2-1-3-7-16)22-14-20(15-22)12-18(9-11-25-20)24-13-17-8-4-5-10-21-17;3-2(4,5)1(6)7/h1-8,10,18H,9,11-15H2;(H,6,7). The Morgan fingerprint density at radius 3 is 2.41 bits per heavy atom. The topological polar surface area (TPSA) is 89.0 Å². The van der Waals surface area contributed by atoms with E-state index in [9.17, 15) is 18.0 Å². The minimum absolute atomic E-state index is 0.0753. The third kappa shape index (κ3) is 6.27. The maximum atomic E-state index is 12.5. The van der Waals surface area contributed by atoms with Crippen molar-refractivity contribution in [1.82, 2.24) is 9.88 Å². The molecule has 4 rings (SSSR count). The van der Waals surface area contributed by atoms with Crippen molar-refractivity contribution >= 4 is 11.9 Å². The zero-order valence-corrected chi connectivity index (χ0v) is 17.1. The molecule has 1 atom stereocenters. The summed E-state index contributed by atoms with van der Waals surface area (Å²) in [6.45, 7) is 2.49. The third-order valence-electron chi connectivity index (χ3n) is 5.15. The predicted molar refractivity (Wildman–Crippen MR) is 107 cm³/mol. The molecule has 10 heteroatoms. The number of rotatable bonds is 4. The molecule has 0 aliphatic carbocycles. The van der Waals surface area contributed by atoms with Crippen LogP contribution in [0.2, 0.25) is 0 Å². The highest BCUT2D eigenvalue weighted by Gasteiger charge is 2.49. The molecule has 0 radical (unpaired) electrons. The summed E-state index contributed by atoms with van der Waals surface area (Å²) < 4.78 is 43.8. The largest absolute Gasteiger partial charge is 0.490 e. The Balaban J connectivity index is 0.000000360. The first-order chi connectivity index (χ1) is 15.2. The van der Waals surface area contributed by atoms with Gasteiger partial charge in [0.05, 0.1) is 31.5 Å². The highest BCUT2D eigenvalue weighted by molar-refractivity contribution is 5.94. The molecule has 1 aromatic heterocycles. The normalized spacial score (nSPS) is 19.5. The van der Waals surface area contributed by atoms with Crippen LogP contribution in [0.5, 0.6) is 0 Å². The lowest BCUT2D eigenvalue weighted by atomic mass is 9.84. The fraction of sp³-hybridized carbons (Fsp3) is 0.409. The van der Waals surface area contributed by atoms with Crippen LogP contribution in [-0.4, -0.2) is 64.4 Å². The summed E-state index contributed by atoms with van der Waals surface area (Å²) >= 11 is 0. The van der Waals surface area contributed by atoms with Gasteiger partial charge in [-0.3, -0.25) is 9.78 Å². The van der Waals surface area contributed by atoms with Crippen LogP contribution in [0.15, 0.2) is 54.7 Å². The first kappa shape index (κ1) is 23.7. The number of halogens is 3. The Morgan fingerprint density at radius 2 is 1.81 bits per heavy atom. The molecule has 1 unspecified atom stereocenters. The lowest BCUT2D eigenvalue weighted by molar-refractivity contribution is -0.192. The smallest absolute Gasteiger partial charge is 0.475 e. The van der Waals surface area contributed by atoms with Gasteiger partial charge in [-0.25, -0.2) is 4.79 Å². The molecule has 172 valence electrons. The molecular formula is C22H23F3N2O5. The molecule has 2 aliphatic rings. The van der Waals surface area contributed by atoms with Gasteiger partial charge in [0.15, 0.2) is 0 Å². The lowest BCUT2D eigenvalue weighted by Crippen LogP contribution is -2.67. The minimum atomic E-state index is -5.08. The van der Waals surface area contributed by atoms with E-state index >= 15 is 0 Å². The molecule has 2 aliphatic heterocycles. The molecule has 1 N–H and O–H groups in total. The van der Waals surface area contributed by atoms with Crippen molar-refractivity contribution in [3.05, 3.63) is 66.0 Å². The number of benzene rings is 1. The van der Waals surface area contributed by atoms with E-state index < -0.39 is 12.1 Å². The van der Waals surface area contributed by atoms with Gasteiger partial charge < -0.3 is 19.5 Å². The summed E-state index contributed by atoms with van der Waals surface area (Å²) in [5.74, 6) is -2.68. The van der Waals surface area contributed by atoms with Crippen LogP contribution in [0.4, 0.5) is 13.2 Å². The van der Waals surface area contributed by atoms with Crippen molar-refractivity contribution in [2.75, 3.05) is 19.7 Å². The van der Waals surface area contributed by atoms with Crippen molar-refractivity contribution in [1.29, 1.82) is 0 Å². The maximum Gasteiger partial charge on any atom is 0.490 e. The van der Waals surface area contributed by atoms with Crippen LogP contribution in [-0.2, 0) is 20.9 Å². The molecule has 7 nitrogen and oxygen atoms in total. The number of hydrogen-bond donors (Lipinski definition) is 1. The number of likely N-dealkylation sites (tertiary alicyclic amines) is 1. The summed E-state index contributed by atoms with van der Waals surface area (Å²) in [5, 5.41) is 7.12. The molecule has 2 saturated heterocycles. The number of pyridine rings is 1. The second kappa shape index (κ2) is 10.1. The van der Waals surface area contributed by atoms with Crippen LogP contribution in [0, 0.1) is 0 Å². The predicted octanol–water partition coefficient (Wildman–Crippen LogP) is 3.31. The molecule has 1 amide bonds. The highest BCUT2D eigenvalue weighted by atomic mass is 19.4. The summed E-state index contributed by atoms with van der Waals surface area (Å²) in [4.78, 5) is 27.5. The Kier molecular flexibility index (Phi) is 7.47. The Hall–Kier alpha value is -2.98. The van der Waals surface area contributed by atoms with Gasteiger partial charge in [0.25, 0.3) is 5.91 Å². The van der Waals surface area contributed by atoms with Gasteiger partial charge in [-0.05, 0) is 30.7 Å². The number of aromatic nitrogens is 1. The number of hydrogen-bond acceptors (Lipinski definition) is 5. The van der Waals surface area contributed by atoms with Crippen LogP contribution < -0.4 is 0 Å². The zero-order chi connectivity index (χ0) is 23.2. The van der Waals surface area contributed by atoms with E-state index in [-0.39, 0.29) is 17.6 Å². The average Bonchev–Trinajstić information content (AvgIpc) is 2.77. The molecule has 0 saturated carbocycles. The quantitative estimate of drug-likeness (QED) is 0.766. The van der Waals surface area contributed by atoms with Gasteiger partial charge in [0, 0.05) is 24.8 Å². The van der Waals surface area contributed by atoms with Gasteiger partial charge >= 0.3 is 12.1 Å². The first-order valence-electron chi connectivity index (χ1n) is 9.98. The summed E-state index contributed by atoms with van der Waals surface area (Å²) in [5.41, 5.74) is 1.44. The Labute approximate surface area is 182 Å². The van der Waals surface area contributed by atoms with Gasteiger partial charge in [-0.2, -0.15) is 13.2 Å². The average molecular weight is 452 g/mol. The Morgan fingerprint density at radius 1 is 1.16 bits per heavy atom. The zero-order valence-electron chi connectivity index (χ0n) is 17.1. The van der Waals surface area contributed by atoms with E-state index in [2.05, 4.69) is 4.98 Å². The second-order valence-corrected chi connectivity index (χ2v) is 7.61. The number of nitrogens with zero attached hydrogens (tertiary/aromatic N) is 2. The SMILES string of the molecule is O=C(O)C(F)(F)F.O=C(c1ccccc1)N1CC2(CC(OCc3ccccn3)CCO2)C1. The number of alkyl halides is 3. The van der Waals surface area contributed by atoms with Crippen LogP contribution in [0.25, 0.3) is 0 Å². The van der Waals surface area contributed by atoms with Crippen molar-refractivity contribution in [2.45, 2.75) is 37.3 Å². The lowest BCUT2D eigenvalue weighted by Gasteiger charge is -2.53. The van der Waals surface area contributed by atoms with Gasteiger partial charge in [-0.1, -0.05) is 24.3 Å². The first-order valence-corrected chi connectivity index (χ1v) is 9.98. The van der Waals surface area contributed by atoms with Crippen LogP contribution in [0.3, 0.4) is 0 Å². The molecule has 1 aromatic carbocycles. The fourth-order valence-electron chi connectivity index (χ4n) is 3.59. The molecule has 2 fully saturated rings. The number of carboxylic acids is 1. The Bertz CT molecular complexity index is 903. The van der Waals surface area contributed by atoms with Crippen molar-refractivity contribution in [2.24, 2.45) is 0 Å².